The van der Waals surface area contributed by atoms with Gasteiger partial charge in [-0.15, -0.1) is 11.3 Å². The van der Waals surface area contributed by atoms with E-state index in [4.69, 9.17) is 4.98 Å². The molecule has 0 bridgehead atoms. The Kier molecular flexibility index (Phi) is 38.0. The molecule has 0 aromatic carbocycles. The summed E-state index contributed by atoms with van der Waals surface area (Å²) in [6.45, 7) is 7.22. The lowest BCUT2D eigenvalue weighted by Gasteiger charge is -2.31. The highest BCUT2D eigenvalue weighted by atomic mass is 32.1. The van der Waals surface area contributed by atoms with E-state index >= 15 is 0 Å². The van der Waals surface area contributed by atoms with Crippen LogP contribution in [0.3, 0.4) is 0 Å². The lowest BCUT2D eigenvalue weighted by Crippen LogP contribution is -2.43. The molecule has 0 saturated carbocycles. The number of aromatic nitrogens is 1. The van der Waals surface area contributed by atoms with E-state index in [-0.39, 0.29) is 30.2 Å². The van der Waals surface area contributed by atoms with Gasteiger partial charge in [-0.2, -0.15) is 0 Å². The largest absolute Gasteiger partial charge is 0.465 e. The number of hydrogen-bond acceptors (Lipinski definition) is 6. The number of anilines is 1. The van der Waals surface area contributed by atoms with Crippen LogP contribution in [0.2, 0.25) is 0 Å². The van der Waals surface area contributed by atoms with Gasteiger partial charge in [0.2, 0.25) is 17.7 Å². The summed E-state index contributed by atoms with van der Waals surface area (Å²) in [5, 5.41) is 19.1. The van der Waals surface area contributed by atoms with Crippen LogP contribution in [0, 0.1) is 0 Å². The molecular weight excluding hydrogens is 915 g/mol. The van der Waals surface area contributed by atoms with E-state index in [0.29, 0.717) is 76.0 Å². The number of carbonyl (C=O) groups is 4. The van der Waals surface area contributed by atoms with Gasteiger partial charge < -0.3 is 26.0 Å². The summed E-state index contributed by atoms with van der Waals surface area (Å²) >= 11 is 1.38. The molecule has 2 atom stereocenters. The first-order valence-corrected chi connectivity index (χ1v) is 27.7. The number of rotatable bonds is 39. The molecule has 1 aromatic rings. The minimum atomic E-state index is -0.914. The van der Waals surface area contributed by atoms with Crippen molar-refractivity contribution >= 4 is 40.3 Å². The van der Waals surface area contributed by atoms with Crippen molar-refractivity contribution in [3.63, 3.8) is 0 Å². The van der Waals surface area contributed by atoms with Crippen molar-refractivity contribution in [3.8, 4) is 0 Å². The van der Waals surface area contributed by atoms with Crippen molar-refractivity contribution in [3.05, 3.63) is 156 Å². The summed E-state index contributed by atoms with van der Waals surface area (Å²) in [5.41, 5.74) is 0.891. The molecule has 1 heterocycles. The maximum absolute atomic E-state index is 13.7. The molecule has 2 unspecified atom stereocenters. The summed E-state index contributed by atoms with van der Waals surface area (Å²) in [5.74, 6) is -0.551. The van der Waals surface area contributed by atoms with Crippen molar-refractivity contribution in [1.82, 2.24) is 20.5 Å². The molecule has 394 valence electrons. The Bertz CT molecular complexity index is 2030. The molecule has 2 rings (SSSR count). The van der Waals surface area contributed by atoms with Crippen LogP contribution in [0.4, 0.5) is 9.93 Å². The Morgan fingerprint density at radius 2 is 1.04 bits per heavy atom. The summed E-state index contributed by atoms with van der Waals surface area (Å²) in [7, 11) is 0. The second-order valence-electron chi connectivity index (χ2n) is 17.6. The predicted molar refractivity (Wildman–Crippen MR) is 305 cm³/mol. The minimum absolute atomic E-state index is 0.0114. The van der Waals surface area contributed by atoms with E-state index in [0.717, 1.165) is 94.0 Å². The van der Waals surface area contributed by atoms with Gasteiger partial charge in [0.25, 0.3) is 0 Å². The van der Waals surface area contributed by atoms with Crippen LogP contribution in [-0.2, 0) is 27.2 Å². The third kappa shape index (κ3) is 33.0. The van der Waals surface area contributed by atoms with Crippen molar-refractivity contribution < 1.29 is 24.3 Å². The fourth-order valence-electron chi connectivity index (χ4n) is 7.58. The van der Waals surface area contributed by atoms with Crippen LogP contribution in [0.1, 0.15) is 166 Å². The van der Waals surface area contributed by atoms with Crippen LogP contribution in [0.5, 0.6) is 0 Å². The number of nitrogens with zero attached hydrogens (tertiary/aromatic N) is 2. The quantitative estimate of drug-likeness (QED) is 0.0382. The number of allylic oxidation sites excluding steroid dienone is 24. The first-order chi connectivity index (χ1) is 35.3. The Morgan fingerprint density at radius 3 is 1.47 bits per heavy atom. The van der Waals surface area contributed by atoms with Crippen molar-refractivity contribution in [1.29, 1.82) is 0 Å². The van der Waals surface area contributed by atoms with Gasteiger partial charge in [0, 0.05) is 43.3 Å². The molecule has 0 saturated heterocycles. The number of carbonyl (C=O) groups excluding carboxylic acids is 3. The average Bonchev–Trinajstić information content (AvgIpc) is 3.77. The molecule has 11 heteroatoms. The van der Waals surface area contributed by atoms with Crippen LogP contribution >= 0.6 is 11.3 Å². The Hall–Kier alpha value is -5.81. The van der Waals surface area contributed by atoms with Gasteiger partial charge in [-0.25, -0.2) is 9.78 Å². The predicted octanol–water partition coefficient (Wildman–Crippen LogP) is 15.1. The first-order valence-electron chi connectivity index (χ1n) is 26.9. The molecule has 1 aliphatic carbocycles. The van der Waals surface area contributed by atoms with E-state index in [1.165, 1.54) is 16.2 Å². The lowest BCUT2D eigenvalue weighted by atomic mass is 9.96. The highest BCUT2D eigenvalue weighted by Crippen LogP contribution is 2.32. The van der Waals surface area contributed by atoms with Crippen LogP contribution in [0.25, 0.3) is 0 Å². The number of thiazole rings is 1. The zero-order valence-corrected chi connectivity index (χ0v) is 44.9. The molecule has 4 N–H and O–H groups in total. The molecule has 72 heavy (non-hydrogen) atoms. The molecular formula is C61H89N5O5S. The van der Waals surface area contributed by atoms with Crippen molar-refractivity contribution in [2.45, 2.75) is 181 Å². The summed E-state index contributed by atoms with van der Waals surface area (Å²) in [6.07, 6.45) is 68.4. The van der Waals surface area contributed by atoms with E-state index < -0.39 is 12.1 Å². The van der Waals surface area contributed by atoms with Crippen molar-refractivity contribution in [2.24, 2.45) is 0 Å². The molecule has 0 fully saturated rings. The standard InChI is InChI=1S/C61H89N5O5S/c1-4-7-9-11-13-15-17-19-21-23-25-27-29-31-33-35-37-39-41-46-57(67)62-50-44-43-45-55(59(69)65-60-64-54-49-48-53(52-56(54)72-60)66(51-6-3)61(70)71)63-58(68)47-42-40-38-36-34-32-30-28-26-24-22-20-18-16-14-12-10-8-5-2/h7-10,13-16,19-22,25-28,31-34,37-40,53,55H,4-6,11-12,17-18,23-24,29-30,35-36,41-52H2,1-3H3,(H,62,67)(H,63,68)(H,70,71)(H,64,65,69). The van der Waals surface area contributed by atoms with Gasteiger partial charge >= 0.3 is 6.09 Å². The van der Waals surface area contributed by atoms with E-state index in [1.54, 1.807) is 0 Å². The summed E-state index contributed by atoms with van der Waals surface area (Å²) < 4.78 is 0. The number of amides is 4. The second kappa shape index (κ2) is 43.9. The topological polar surface area (TPSA) is 141 Å². The molecule has 0 spiro atoms. The highest BCUT2D eigenvalue weighted by molar-refractivity contribution is 7.15. The fourth-order valence-corrected chi connectivity index (χ4v) is 8.66. The van der Waals surface area contributed by atoms with Crippen molar-refractivity contribution in [2.75, 3.05) is 18.4 Å². The van der Waals surface area contributed by atoms with Gasteiger partial charge in [-0.3, -0.25) is 14.4 Å². The zero-order valence-electron chi connectivity index (χ0n) is 44.1. The minimum Gasteiger partial charge on any atom is -0.465 e. The number of carboxylic acid groups (broad SMARTS) is 1. The Labute approximate surface area is 438 Å². The van der Waals surface area contributed by atoms with Gasteiger partial charge in [-0.1, -0.05) is 167 Å². The number of nitrogens with one attached hydrogen (secondary N) is 3. The monoisotopic (exact) mass is 1000 g/mol. The number of fused-ring (bicyclic) bond motifs is 1. The van der Waals surface area contributed by atoms with Gasteiger partial charge in [0.05, 0.1) is 5.69 Å². The maximum atomic E-state index is 13.7. The molecule has 1 aliphatic rings. The Morgan fingerprint density at radius 1 is 0.611 bits per heavy atom. The van der Waals surface area contributed by atoms with E-state index in [9.17, 15) is 24.3 Å². The fraction of sp³-hybridized carbons (Fsp3) is 0.492. The van der Waals surface area contributed by atoms with Gasteiger partial charge in [0.15, 0.2) is 5.13 Å². The van der Waals surface area contributed by atoms with Gasteiger partial charge in [-0.05, 0) is 128 Å². The summed E-state index contributed by atoms with van der Waals surface area (Å²) in [4.78, 5) is 58.5. The Balaban J connectivity index is 1.77. The molecule has 0 radical (unpaired) electrons. The van der Waals surface area contributed by atoms with Gasteiger partial charge in [0.1, 0.15) is 6.04 Å². The smallest absolute Gasteiger partial charge is 0.407 e. The number of unbranched alkanes of at least 4 members (excludes halogenated alkanes) is 1. The lowest BCUT2D eigenvalue weighted by molar-refractivity contribution is -0.126. The molecule has 4 amide bonds. The average molecular weight is 1000 g/mol. The molecule has 1 aromatic heterocycles. The van der Waals surface area contributed by atoms with Crippen LogP contribution < -0.4 is 16.0 Å². The number of hydrogen-bond donors (Lipinski definition) is 4. The van der Waals surface area contributed by atoms with Crippen LogP contribution in [0.15, 0.2) is 146 Å². The number of aryl methyl sites for hydroxylation is 1. The van der Waals surface area contributed by atoms with Crippen LogP contribution in [-0.4, -0.2) is 64.0 Å². The van der Waals surface area contributed by atoms with E-state index in [2.05, 4.69) is 163 Å². The zero-order chi connectivity index (χ0) is 52.0. The SMILES string of the molecule is CCC=CCC=CCC=CCC=CCC=CCC=CCCC(=O)NCCCCC(NC(=O)CCC=CCC=CCC=CCC=CCC=CCC=CCC)C(=O)Nc1nc2c(s1)CC(N(CCC)C(=O)O)CC2. The molecule has 10 nitrogen and oxygen atoms in total. The third-order valence-electron chi connectivity index (χ3n) is 11.5. The highest BCUT2D eigenvalue weighted by Gasteiger charge is 2.30. The summed E-state index contributed by atoms with van der Waals surface area (Å²) in [6, 6.07) is -0.892. The molecule has 0 aliphatic heterocycles. The third-order valence-corrected chi connectivity index (χ3v) is 12.5. The van der Waals surface area contributed by atoms with E-state index in [1.807, 2.05) is 19.1 Å². The normalized spacial score (nSPS) is 15.1. The second-order valence-corrected chi connectivity index (χ2v) is 18.7. The maximum Gasteiger partial charge on any atom is 0.407 e. The first kappa shape index (κ1) is 62.3.